The number of hydrogen-bond donors (Lipinski definition) is 0. The van der Waals surface area contributed by atoms with Crippen LogP contribution >= 0.6 is 0 Å². The summed E-state index contributed by atoms with van der Waals surface area (Å²) in [4.78, 5) is 0. The highest BCUT2D eigenvalue weighted by Gasteiger charge is 2.50. The summed E-state index contributed by atoms with van der Waals surface area (Å²) >= 11 is 0. The Morgan fingerprint density at radius 3 is 1.62 bits per heavy atom. The summed E-state index contributed by atoms with van der Waals surface area (Å²) in [7, 11) is 0. The van der Waals surface area contributed by atoms with Crippen LogP contribution < -0.4 is 0 Å². The lowest BCUT2D eigenvalue weighted by Crippen LogP contribution is -2.25. The lowest BCUT2D eigenvalue weighted by Gasteiger charge is -2.14. The largest absolute Gasteiger partial charge is 0.421 e. The van der Waals surface area contributed by atoms with Gasteiger partial charge in [-0.2, -0.15) is 26.3 Å². The van der Waals surface area contributed by atoms with Gasteiger partial charge in [0.15, 0.2) is 0 Å². The van der Waals surface area contributed by atoms with Crippen molar-refractivity contribution in [3.05, 3.63) is 41.5 Å². The number of hydrogen-bond acceptors (Lipinski definition) is 0. The highest BCUT2D eigenvalue weighted by molar-refractivity contribution is 5.55. The normalized spacial score (nSPS) is 12.4. The van der Waals surface area contributed by atoms with E-state index < -0.39 is 17.9 Å². The van der Waals surface area contributed by atoms with Gasteiger partial charge >= 0.3 is 12.4 Å². The van der Waals surface area contributed by atoms with Gasteiger partial charge < -0.3 is 0 Å². The second kappa shape index (κ2) is 4.19. The van der Waals surface area contributed by atoms with Crippen LogP contribution in [0.4, 0.5) is 26.3 Å². The minimum absolute atomic E-state index is 0.0833. The maximum absolute atomic E-state index is 12.1. The molecule has 0 aliphatic heterocycles. The topological polar surface area (TPSA) is 0 Å². The van der Waals surface area contributed by atoms with Crippen molar-refractivity contribution >= 4 is 6.08 Å². The molecule has 0 aliphatic rings. The summed E-state index contributed by atoms with van der Waals surface area (Å²) in [5.74, 6) is 0. The van der Waals surface area contributed by atoms with Gasteiger partial charge in [0.25, 0.3) is 0 Å². The van der Waals surface area contributed by atoms with Crippen LogP contribution in [0.2, 0.25) is 0 Å². The number of benzene rings is 1. The molecule has 0 amide bonds. The van der Waals surface area contributed by atoms with Crippen LogP contribution in [0.25, 0.3) is 6.08 Å². The minimum atomic E-state index is -5.41. The maximum atomic E-state index is 12.1. The van der Waals surface area contributed by atoms with Gasteiger partial charge in [0.05, 0.1) is 0 Å². The number of halogens is 6. The molecule has 1 rings (SSSR count). The Labute approximate surface area is 87.2 Å². The molecule has 0 saturated heterocycles. The Hall–Kier alpha value is -1.46. The first kappa shape index (κ1) is 12.6. The first-order valence-electron chi connectivity index (χ1n) is 4.12. The first-order valence-corrected chi connectivity index (χ1v) is 4.12. The molecule has 0 nitrogen and oxygen atoms in total. The maximum Gasteiger partial charge on any atom is 0.421 e. The molecule has 0 aliphatic carbocycles. The average Bonchev–Trinajstić information content (AvgIpc) is 2.12. The summed E-state index contributed by atoms with van der Waals surface area (Å²) in [6, 6.07) is 6.54. The van der Waals surface area contributed by atoms with Crippen LogP contribution in [0.3, 0.4) is 0 Å². The average molecular weight is 240 g/mol. The van der Waals surface area contributed by atoms with Crippen molar-refractivity contribution in [2.75, 3.05) is 0 Å². The van der Waals surface area contributed by atoms with E-state index >= 15 is 0 Å². The fourth-order valence-corrected chi connectivity index (χ4v) is 1.04. The molecule has 0 bridgehead atoms. The zero-order valence-electron chi connectivity index (χ0n) is 7.73. The van der Waals surface area contributed by atoms with Gasteiger partial charge in [0.1, 0.15) is 5.57 Å². The van der Waals surface area contributed by atoms with Crippen molar-refractivity contribution in [1.82, 2.24) is 0 Å². The SMILES string of the molecule is FC(F)(F)C(=Cc1ccccc1)C(F)(F)F. The van der Waals surface area contributed by atoms with E-state index in [9.17, 15) is 26.3 Å². The standard InChI is InChI=1S/C10H6F6/c11-9(12,13)8(10(14,15)16)6-7-4-2-1-3-5-7/h1-6H. The van der Waals surface area contributed by atoms with E-state index in [0.29, 0.717) is 0 Å². The summed E-state index contributed by atoms with van der Waals surface area (Å²) in [5, 5.41) is 0. The van der Waals surface area contributed by atoms with Gasteiger partial charge in [-0.05, 0) is 11.6 Å². The molecule has 0 radical (unpaired) electrons. The molecule has 0 N–H and O–H groups in total. The molecule has 0 atom stereocenters. The van der Waals surface area contributed by atoms with Gasteiger partial charge in [-0.15, -0.1) is 0 Å². The summed E-state index contributed by atoms with van der Waals surface area (Å²) < 4.78 is 72.7. The molecular weight excluding hydrogens is 234 g/mol. The third-order valence-electron chi connectivity index (χ3n) is 1.72. The van der Waals surface area contributed by atoms with E-state index in [2.05, 4.69) is 0 Å². The minimum Gasteiger partial charge on any atom is -0.166 e. The lowest BCUT2D eigenvalue weighted by atomic mass is 10.1. The molecule has 1 aromatic rings. The third kappa shape index (κ3) is 3.29. The monoisotopic (exact) mass is 240 g/mol. The van der Waals surface area contributed by atoms with Gasteiger partial charge in [0.2, 0.25) is 0 Å². The third-order valence-corrected chi connectivity index (χ3v) is 1.72. The van der Waals surface area contributed by atoms with Gasteiger partial charge in [-0.1, -0.05) is 30.3 Å². The van der Waals surface area contributed by atoms with E-state index in [1.807, 2.05) is 0 Å². The van der Waals surface area contributed by atoms with E-state index in [1.165, 1.54) is 18.2 Å². The molecular formula is C10H6F6. The second-order valence-corrected chi connectivity index (χ2v) is 2.96. The Morgan fingerprint density at radius 1 is 0.812 bits per heavy atom. The van der Waals surface area contributed by atoms with Crippen molar-refractivity contribution in [2.24, 2.45) is 0 Å². The number of allylic oxidation sites excluding steroid dienone is 1. The molecule has 0 heterocycles. The van der Waals surface area contributed by atoms with Gasteiger partial charge in [-0.25, -0.2) is 0 Å². The Kier molecular flexibility index (Phi) is 3.30. The fraction of sp³-hybridized carbons (Fsp3) is 0.200. The lowest BCUT2D eigenvalue weighted by molar-refractivity contribution is -0.170. The summed E-state index contributed by atoms with van der Waals surface area (Å²) in [6.45, 7) is 0. The van der Waals surface area contributed by atoms with Crippen molar-refractivity contribution in [2.45, 2.75) is 12.4 Å². The van der Waals surface area contributed by atoms with Crippen molar-refractivity contribution in [3.63, 3.8) is 0 Å². The molecule has 88 valence electrons. The highest BCUT2D eigenvalue weighted by atomic mass is 19.4. The van der Waals surface area contributed by atoms with E-state index in [0.717, 1.165) is 12.1 Å². The van der Waals surface area contributed by atoms with Crippen LogP contribution in [0.15, 0.2) is 35.9 Å². The zero-order chi connectivity index (χ0) is 12.4. The first-order chi connectivity index (χ1) is 7.21. The predicted molar refractivity (Wildman–Crippen MR) is 46.5 cm³/mol. The van der Waals surface area contributed by atoms with Crippen molar-refractivity contribution in [3.8, 4) is 0 Å². The Bertz CT molecular complexity index is 355. The number of rotatable bonds is 1. The Balaban J connectivity index is 3.19. The van der Waals surface area contributed by atoms with E-state index in [4.69, 9.17) is 0 Å². The smallest absolute Gasteiger partial charge is 0.166 e. The van der Waals surface area contributed by atoms with Crippen LogP contribution in [-0.4, -0.2) is 12.4 Å². The highest BCUT2D eigenvalue weighted by Crippen LogP contribution is 2.39. The zero-order valence-corrected chi connectivity index (χ0v) is 7.73. The molecule has 16 heavy (non-hydrogen) atoms. The van der Waals surface area contributed by atoms with E-state index in [1.54, 1.807) is 0 Å². The van der Waals surface area contributed by atoms with E-state index in [-0.39, 0.29) is 11.6 Å². The molecule has 0 spiro atoms. The van der Waals surface area contributed by atoms with Crippen LogP contribution in [0, 0.1) is 0 Å². The predicted octanol–water partition coefficient (Wildman–Crippen LogP) is 4.19. The summed E-state index contributed by atoms with van der Waals surface area (Å²) in [6.07, 6.45) is -10.7. The van der Waals surface area contributed by atoms with Crippen LogP contribution in [-0.2, 0) is 0 Å². The fourth-order valence-electron chi connectivity index (χ4n) is 1.04. The molecule has 0 unspecified atom stereocenters. The molecule has 0 aromatic heterocycles. The van der Waals surface area contributed by atoms with Crippen molar-refractivity contribution in [1.29, 1.82) is 0 Å². The molecule has 0 saturated carbocycles. The Morgan fingerprint density at radius 2 is 1.25 bits per heavy atom. The summed E-state index contributed by atoms with van der Waals surface area (Å²) in [5.41, 5.74) is -2.65. The van der Waals surface area contributed by atoms with Gasteiger partial charge in [-0.3, -0.25) is 0 Å². The van der Waals surface area contributed by atoms with Gasteiger partial charge in [0, 0.05) is 0 Å². The molecule has 6 heteroatoms. The second-order valence-electron chi connectivity index (χ2n) is 2.96. The molecule has 0 fully saturated rings. The number of alkyl halides is 6. The quantitative estimate of drug-likeness (QED) is 0.645. The van der Waals surface area contributed by atoms with Crippen molar-refractivity contribution < 1.29 is 26.3 Å². The van der Waals surface area contributed by atoms with Crippen LogP contribution in [0.5, 0.6) is 0 Å². The molecule has 1 aromatic carbocycles. The van der Waals surface area contributed by atoms with Crippen LogP contribution in [0.1, 0.15) is 5.56 Å².